The van der Waals surface area contributed by atoms with Crippen molar-refractivity contribution in [1.29, 1.82) is 0 Å². The number of ether oxygens (including phenoxy) is 2. The number of methoxy groups -OCH3 is 1. The Morgan fingerprint density at radius 2 is 1.79 bits per heavy atom. The van der Waals surface area contributed by atoms with Crippen molar-refractivity contribution >= 4 is 22.8 Å². The van der Waals surface area contributed by atoms with Crippen molar-refractivity contribution in [1.82, 2.24) is 9.88 Å². The minimum Gasteiger partial charge on any atom is -0.494 e. The summed E-state index contributed by atoms with van der Waals surface area (Å²) in [4.78, 5) is 14.2. The minimum atomic E-state index is -0.781. The Morgan fingerprint density at radius 1 is 1.05 bits per heavy atom. The van der Waals surface area contributed by atoms with Crippen LogP contribution in [0.2, 0.25) is 0 Å². The standard InChI is InChI=1S/C30H28F2N4O3/c1-38-13-12-36-10-8-20(9-11-36)39-21-6-7-25-22(17-21)23(30(37)35-25)15-18-14-19(31)16-24(32)28(18)29-33-26-4-2-3-5-27(26)34-29/h2-7,14-17,20,35,37H,8-13H2,1H3. The number of nitrogens with one attached hydrogen (secondary N) is 1. The topological polar surface area (TPSA) is 82.4 Å². The third kappa shape index (κ3) is 5.15. The fourth-order valence-corrected chi connectivity index (χ4v) is 5.18. The van der Waals surface area contributed by atoms with Crippen LogP contribution < -0.4 is 25.9 Å². The van der Waals surface area contributed by atoms with Gasteiger partial charge in [0.15, 0.2) is 11.7 Å². The predicted octanol–water partition coefficient (Wildman–Crippen LogP) is 2.49. The summed E-state index contributed by atoms with van der Waals surface area (Å²) in [6, 6.07) is 14.8. The average Bonchev–Trinajstić information content (AvgIpc) is 3.48. The fourth-order valence-electron chi connectivity index (χ4n) is 5.18. The summed E-state index contributed by atoms with van der Waals surface area (Å²) in [7, 11) is 1.71. The van der Waals surface area contributed by atoms with Crippen LogP contribution >= 0.6 is 0 Å². The fraction of sp³-hybridized carbons (Fsp3) is 0.267. The van der Waals surface area contributed by atoms with Gasteiger partial charge >= 0.3 is 0 Å². The van der Waals surface area contributed by atoms with Gasteiger partial charge in [0.25, 0.3) is 0 Å². The maximum absolute atomic E-state index is 15.1. The maximum Gasteiger partial charge on any atom is 0.196 e. The summed E-state index contributed by atoms with van der Waals surface area (Å²) in [6.07, 6.45) is 3.43. The van der Waals surface area contributed by atoms with Crippen LogP contribution in [0.1, 0.15) is 18.4 Å². The Hall–Kier alpha value is -4.08. The molecular weight excluding hydrogens is 502 g/mol. The van der Waals surface area contributed by atoms with Gasteiger partial charge in [-0.15, -0.1) is 0 Å². The number of rotatable bonds is 6. The lowest BCUT2D eigenvalue weighted by atomic mass is 10.1. The molecule has 1 saturated heterocycles. The van der Waals surface area contributed by atoms with Crippen LogP contribution in [0, 0.1) is 11.6 Å². The van der Waals surface area contributed by atoms with Gasteiger partial charge < -0.3 is 24.5 Å². The second-order valence-electron chi connectivity index (χ2n) is 9.78. The molecule has 0 spiro atoms. The van der Waals surface area contributed by atoms with Crippen molar-refractivity contribution in [3.63, 3.8) is 0 Å². The van der Waals surface area contributed by atoms with Crippen molar-refractivity contribution in [2.75, 3.05) is 33.4 Å². The van der Waals surface area contributed by atoms with Crippen LogP contribution in [-0.2, 0) is 4.74 Å². The lowest BCUT2D eigenvalue weighted by Crippen LogP contribution is -2.39. The molecule has 0 atom stereocenters. The number of fused-ring (bicyclic) bond motifs is 2. The molecule has 1 fully saturated rings. The zero-order valence-corrected chi connectivity index (χ0v) is 21.5. The van der Waals surface area contributed by atoms with Gasteiger partial charge in [0.05, 0.1) is 22.5 Å². The molecule has 2 aliphatic rings. The Kier molecular flexibility index (Phi) is 6.85. The number of para-hydroxylation sites is 2. The molecule has 1 aromatic heterocycles. The van der Waals surface area contributed by atoms with Crippen molar-refractivity contribution in [3.8, 4) is 11.6 Å². The molecule has 9 heteroatoms. The van der Waals surface area contributed by atoms with Gasteiger partial charge in [0.1, 0.15) is 23.5 Å². The van der Waals surface area contributed by atoms with E-state index in [4.69, 9.17) is 9.47 Å². The van der Waals surface area contributed by atoms with Gasteiger partial charge in [-0.3, -0.25) is 0 Å². The SMILES string of the molecule is COCCN1CCC(Oc2ccc3[nH]c(O)c(C=c4cc(F)cc(F)c4=C4N=c5ccccc5=N4)c3c2)CC1. The molecule has 39 heavy (non-hydrogen) atoms. The summed E-state index contributed by atoms with van der Waals surface area (Å²) in [5, 5.41) is 12.9. The largest absolute Gasteiger partial charge is 0.494 e. The molecule has 6 rings (SSSR count). The van der Waals surface area contributed by atoms with E-state index in [1.54, 1.807) is 25.3 Å². The molecule has 0 amide bonds. The van der Waals surface area contributed by atoms with Crippen molar-refractivity contribution in [3.05, 3.63) is 92.9 Å². The zero-order chi connectivity index (χ0) is 26.9. The average molecular weight is 531 g/mol. The number of hydrogen-bond donors (Lipinski definition) is 2. The van der Waals surface area contributed by atoms with Gasteiger partial charge in [0, 0.05) is 49.3 Å². The number of nitrogens with zero attached hydrogens (tertiary/aromatic N) is 3. The third-order valence-corrected chi connectivity index (χ3v) is 7.18. The Morgan fingerprint density at radius 3 is 2.51 bits per heavy atom. The van der Waals surface area contributed by atoms with Crippen molar-refractivity contribution in [2.24, 2.45) is 9.98 Å². The number of piperidine rings is 1. The van der Waals surface area contributed by atoms with Gasteiger partial charge in [-0.25, -0.2) is 18.8 Å². The number of halogens is 2. The van der Waals surface area contributed by atoms with Gasteiger partial charge in [-0.1, -0.05) is 12.1 Å². The maximum atomic E-state index is 15.1. The van der Waals surface area contributed by atoms with E-state index in [0.29, 0.717) is 39.5 Å². The number of aromatic amines is 1. The van der Waals surface area contributed by atoms with Crippen molar-refractivity contribution < 1.29 is 23.4 Å². The number of likely N-dealkylation sites (tertiary alicyclic amines) is 1. The highest BCUT2D eigenvalue weighted by atomic mass is 19.1. The first-order valence-electron chi connectivity index (χ1n) is 12.9. The van der Waals surface area contributed by atoms with E-state index in [0.717, 1.165) is 38.5 Å². The Balaban J connectivity index is 1.39. The van der Waals surface area contributed by atoms with E-state index >= 15 is 4.39 Å². The van der Waals surface area contributed by atoms with E-state index in [1.165, 1.54) is 6.07 Å². The minimum absolute atomic E-state index is 0.0639. The highest BCUT2D eigenvalue weighted by Crippen LogP contribution is 2.31. The van der Waals surface area contributed by atoms with Crippen LogP contribution in [0.5, 0.6) is 11.6 Å². The van der Waals surface area contributed by atoms with Gasteiger partial charge in [-0.2, -0.15) is 0 Å². The molecule has 0 saturated carbocycles. The zero-order valence-electron chi connectivity index (χ0n) is 21.5. The Bertz CT molecular complexity index is 1760. The van der Waals surface area contributed by atoms with Crippen LogP contribution in [0.4, 0.5) is 8.78 Å². The second kappa shape index (κ2) is 10.6. The molecule has 3 aromatic carbocycles. The molecular formula is C30H28F2N4O3. The molecule has 200 valence electrons. The highest BCUT2D eigenvalue weighted by molar-refractivity contribution is 5.92. The van der Waals surface area contributed by atoms with Gasteiger partial charge in [0.2, 0.25) is 0 Å². The molecule has 3 heterocycles. The van der Waals surface area contributed by atoms with E-state index in [9.17, 15) is 9.50 Å². The van der Waals surface area contributed by atoms with Crippen LogP contribution in [-0.4, -0.2) is 54.4 Å². The third-order valence-electron chi connectivity index (χ3n) is 7.18. The van der Waals surface area contributed by atoms with E-state index in [2.05, 4.69) is 19.9 Å². The summed E-state index contributed by atoms with van der Waals surface area (Å²) >= 11 is 0. The Labute approximate surface area is 223 Å². The van der Waals surface area contributed by atoms with E-state index in [-0.39, 0.29) is 28.2 Å². The van der Waals surface area contributed by atoms with E-state index < -0.39 is 11.6 Å². The summed E-state index contributed by atoms with van der Waals surface area (Å²) in [5.41, 5.74) is 1.07. The number of H-pyrrole nitrogens is 1. The lowest BCUT2D eigenvalue weighted by Gasteiger charge is -2.31. The summed E-state index contributed by atoms with van der Waals surface area (Å²) < 4.78 is 41.0. The first kappa shape index (κ1) is 25.2. The van der Waals surface area contributed by atoms with Crippen LogP contribution in [0.3, 0.4) is 0 Å². The molecule has 4 aromatic rings. The van der Waals surface area contributed by atoms with Gasteiger partial charge in [-0.05, 0) is 60.5 Å². The monoisotopic (exact) mass is 530 g/mol. The summed E-state index contributed by atoms with van der Waals surface area (Å²) in [6.45, 7) is 3.50. The molecule has 0 radical (unpaired) electrons. The highest BCUT2D eigenvalue weighted by Gasteiger charge is 2.21. The number of aromatic hydroxyl groups is 1. The quantitative estimate of drug-likeness (QED) is 0.402. The lowest BCUT2D eigenvalue weighted by molar-refractivity contribution is 0.0798. The first-order chi connectivity index (χ1) is 19.0. The molecule has 0 aliphatic carbocycles. The van der Waals surface area contributed by atoms with Crippen molar-refractivity contribution in [2.45, 2.75) is 18.9 Å². The van der Waals surface area contributed by atoms with Crippen LogP contribution in [0.25, 0.3) is 22.8 Å². The van der Waals surface area contributed by atoms with E-state index in [1.807, 2.05) is 30.3 Å². The molecule has 0 unspecified atom stereocenters. The molecule has 7 nitrogen and oxygen atoms in total. The molecule has 2 aliphatic heterocycles. The normalized spacial score (nSPS) is 16.4. The first-order valence-corrected chi connectivity index (χ1v) is 12.9. The second-order valence-corrected chi connectivity index (χ2v) is 9.78. The number of aromatic nitrogens is 1. The smallest absolute Gasteiger partial charge is 0.196 e. The molecule has 2 N–H and O–H groups in total. The molecule has 0 bridgehead atoms. The van der Waals surface area contributed by atoms with Crippen LogP contribution in [0.15, 0.2) is 64.6 Å². The summed E-state index contributed by atoms with van der Waals surface area (Å²) in [5.74, 6) is -0.809. The predicted molar refractivity (Wildman–Crippen MR) is 143 cm³/mol. The number of benzene rings is 3. The number of hydrogen-bond acceptors (Lipinski definition) is 6.